The van der Waals surface area contributed by atoms with Gasteiger partial charge >= 0.3 is 0 Å². The molecule has 0 radical (unpaired) electrons. The molecule has 180 valence electrons. The summed E-state index contributed by atoms with van der Waals surface area (Å²) in [6.45, 7) is 5.12. The van der Waals surface area contributed by atoms with Crippen LogP contribution in [0.15, 0.2) is 54.6 Å². The summed E-state index contributed by atoms with van der Waals surface area (Å²) in [5, 5.41) is 13.3. The molecule has 2 fully saturated rings. The SMILES string of the molecule is CN(C)c1ccc([C@@H](c2nnnn2C2CCCCC2)N2CCN(Cc3ccccc3)CC2)cc1. The van der Waals surface area contributed by atoms with E-state index in [4.69, 9.17) is 0 Å². The molecule has 3 aromatic rings. The molecule has 1 saturated heterocycles. The van der Waals surface area contributed by atoms with Gasteiger partial charge in [-0.25, -0.2) is 4.68 Å². The van der Waals surface area contributed by atoms with Crippen LogP contribution < -0.4 is 4.90 Å². The predicted molar refractivity (Wildman–Crippen MR) is 136 cm³/mol. The molecule has 1 aromatic heterocycles. The molecule has 7 heteroatoms. The second-order valence-electron chi connectivity index (χ2n) is 9.96. The summed E-state index contributed by atoms with van der Waals surface area (Å²) in [6, 6.07) is 20.2. The van der Waals surface area contributed by atoms with Crippen LogP contribution in [0, 0.1) is 0 Å². The van der Waals surface area contributed by atoms with E-state index in [0.717, 1.165) is 38.5 Å². The molecule has 0 bridgehead atoms. The summed E-state index contributed by atoms with van der Waals surface area (Å²) in [6.07, 6.45) is 6.21. The average Bonchev–Trinajstić information content (AvgIpc) is 3.36. The molecule has 1 atom stereocenters. The molecule has 1 aliphatic carbocycles. The third kappa shape index (κ3) is 5.15. The van der Waals surface area contributed by atoms with Crippen molar-refractivity contribution >= 4 is 5.69 Å². The van der Waals surface area contributed by atoms with Crippen LogP contribution in [0.5, 0.6) is 0 Å². The first-order chi connectivity index (χ1) is 16.7. The van der Waals surface area contributed by atoms with Crippen molar-refractivity contribution < 1.29 is 0 Å². The third-order valence-electron chi connectivity index (χ3n) is 7.43. The maximum Gasteiger partial charge on any atom is 0.173 e. The van der Waals surface area contributed by atoms with E-state index >= 15 is 0 Å². The number of hydrogen-bond donors (Lipinski definition) is 0. The lowest BCUT2D eigenvalue weighted by molar-refractivity contribution is 0.0986. The van der Waals surface area contributed by atoms with Gasteiger partial charge in [-0.15, -0.1) is 5.10 Å². The van der Waals surface area contributed by atoms with Gasteiger partial charge in [-0.1, -0.05) is 61.7 Å². The highest BCUT2D eigenvalue weighted by atomic mass is 15.6. The van der Waals surface area contributed by atoms with E-state index in [0.29, 0.717) is 6.04 Å². The Bertz CT molecular complexity index is 1020. The second kappa shape index (κ2) is 10.7. The summed E-state index contributed by atoms with van der Waals surface area (Å²) in [4.78, 5) is 7.28. The Kier molecular flexibility index (Phi) is 7.21. The monoisotopic (exact) mass is 459 g/mol. The van der Waals surface area contributed by atoms with E-state index in [9.17, 15) is 0 Å². The number of anilines is 1. The Balaban J connectivity index is 1.39. The summed E-state index contributed by atoms with van der Waals surface area (Å²) in [5.74, 6) is 1.00. The van der Waals surface area contributed by atoms with E-state index in [1.165, 1.54) is 48.9 Å². The van der Waals surface area contributed by atoms with Gasteiger partial charge in [0.25, 0.3) is 0 Å². The fourth-order valence-electron chi connectivity index (χ4n) is 5.47. The van der Waals surface area contributed by atoms with Crippen LogP contribution in [0.3, 0.4) is 0 Å². The van der Waals surface area contributed by atoms with Gasteiger partial charge in [0.1, 0.15) is 0 Å². The lowest BCUT2D eigenvalue weighted by Crippen LogP contribution is -2.48. The van der Waals surface area contributed by atoms with Crippen molar-refractivity contribution in [2.24, 2.45) is 0 Å². The summed E-state index contributed by atoms with van der Waals surface area (Å²) in [5.41, 5.74) is 3.86. The molecule has 34 heavy (non-hydrogen) atoms. The van der Waals surface area contributed by atoms with Gasteiger partial charge in [0.15, 0.2) is 5.82 Å². The first-order valence-corrected chi connectivity index (χ1v) is 12.7. The molecule has 2 aromatic carbocycles. The number of tetrazole rings is 1. The molecule has 2 heterocycles. The van der Waals surface area contributed by atoms with Crippen molar-refractivity contribution in [1.29, 1.82) is 0 Å². The zero-order chi connectivity index (χ0) is 23.3. The van der Waals surface area contributed by atoms with E-state index in [1.54, 1.807) is 0 Å². The van der Waals surface area contributed by atoms with Crippen molar-refractivity contribution in [2.45, 2.75) is 50.7 Å². The Morgan fingerprint density at radius 2 is 1.59 bits per heavy atom. The second-order valence-corrected chi connectivity index (χ2v) is 9.96. The quantitative estimate of drug-likeness (QED) is 0.529. The van der Waals surface area contributed by atoms with Crippen molar-refractivity contribution in [3.8, 4) is 0 Å². The standard InChI is InChI=1S/C27H37N7/c1-31(2)24-15-13-23(14-16-24)26(27-28-29-30-34(27)25-11-7-4-8-12-25)33-19-17-32(18-20-33)21-22-9-5-3-6-10-22/h3,5-6,9-10,13-16,25-26H,4,7-8,11-12,17-21H2,1-2H3/t26-/m0/s1. The minimum Gasteiger partial charge on any atom is -0.378 e. The fourth-order valence-corrected chi connectivity index (χ4v) is 5.47. The summed E-state index contributed by atoms with van der Waals surface area (Å²) < 4.78 is 2.15. The molecule has 0 unspecified atom stereocenters. The van der Waals surface area contributed by atoms with Crippen molar-refractivity contribution in [2.75, 3.05) is 45.2 Å². The largest absolute Gasteiger partial charge is 0.378 e. The van der Waals surface area contributed by atoms with Gasteiger partial charge in [-0.05, 0) is 46.5 Å². The molecular weight excluding hydrogens is 422 g/mol. The zero-order valence-corrected chi connectivity index (χ0v) is 20.6. The highest BCUT2D eigenvalue weighted by Crippen LogP contribution is 2.34. The molecule has 1 saturated carbocycles. The van der Waals surface area contributed by atoms with Crippen LogP contribution in [0.2, 0.25) is 0 Å². The van der Waals surface area contributed by atoms with Crippen molar-refractivity contribution in [3.63, 3.8) is 0 Å². The predicted octanol–water partition coefficient (Wildman–Crippen LogP) is 4.15. The van der Waals surface area contributed by atoms with Crippen LogP contribution in [-0.2, 0) is 6.54 Å². The lowest BCUT2D eigenvalue weighted by Gasteiger charge is -2.39. The molecule has 0 N–H and O–H groups in total. The van der Waals surface area contributed by atoms with Gasteiger partial charge in [0.2, 0.25) is 0 Å². The summed E-state index contributed by atoms with van der Waals surface area (Å²) >= 11 is 0. The molecular formula is C27H37N7. The lowest BCUT2D eigenvalue weighted by atomic mass is 9.95. The van der Waals surface area contributed by atoms with Crippen LogP contribution in [0.25, 0.3) is 0 Å². The van der Waals surface area contributed by atoms with E-state index in [-0.39, 0.29) is 6.04 Å². The maximum absolute atomic E-state index is 4.62. The number of nitrogens with zero attached hydrogens (tertiary/aromatic N) is 7. The van der Waals surface area contributed by atoms with Gasteiger partial charge in [-0.3, -0.25) is 9.80 Å². The third-order valence-corrected chi connectivity index (χ3v) is 7.43. The van der Waals surface area contributed by atoms with Crippen LogP contribution in [-0.4, -0.2) is 70.3 Å². The zero-order valence-electron chi connectivity index (χ0n) is 20.6. The smallest absolute Gasteiger partial charge is 0.173 e. The van der Waals surface area contributed by atoms with E-state index < -0.39 is 0 Å². The van der Waals surface area contributed by atoms with Gasteiger partial charge in [-0.2, -0.15) is 0 Å². The van der Waals surface area contributed by atoms with Crippen LogP contribution in [0.4, 0.5) is 5.69 Å². The minimum atomic E-state index is 0.0759. The van der Waals surface area contributed by atoms with Gasteiger partial charge < -0.3 is 4.90 Å². The maximum atomic E-state index is 4.62. The number of hydrogen-bond acceptors (Lipinski definition) is 6. The molecule has 2 aliphatic rings. The Morgan fingerprint density at radius 1 is 0.882 bits per heavy atom. The topological polar surface area (TPSA) is 53.3 Å². The highest BCUT2D eigenvalue weighted by Gasteiger charge is 2.32. The molecule has 0 amide bonds. The van der Waals surface area contributed by atoms with E-state index in [1.807, 2.05) is 0 Å². The normalized spacial score (nSPS) is 19.2. The van der Waals surface area contributed by atoms with Crippen LogP contribution >= 0.6 is 0 Å². The summed E-state index contributed by atoms with van der Waals surface area (Å²) in [7, 11) is 4.17. The fraction of sp³-hybridized carbons (Fsp3) is 0.519. The first-order valence-electron chi connectivity index (χ1n) is 12.7. The minimum absolute atomic E-state index is 0.0759. The number of piperazine rings is 1. The number of benzene rings is 2. The Morgan fingerprint density at radius 3 is 2.26 bits per heavy atom. The Hall–Kier alpha value is -2.77. The van der Waals surface area contributed by atoms with Gasteiger partial charge in [0.05, 0.1) is 12.1 Å². The highest BCUT2D eigenvalue weighted by molar-refractivity contribution is 5.47. The van der Waals surface area contributed by atoms with Crippen molar-refractivity contribution in [3.05, 3.63) is 71.5 Å². The van der Waals surface area contributed by atoms with Crippen LogP contribution in [0.1, 0.15) is 61.1 Å². The first kappa shape index (κ1) is 23.0. The molecule has 5 rings (SSSR count). The molecule has 7 nitrogen and oxygen atoms in total. The number of rotatable bonds is 7. The van der Waals surface area contributed by atoms with Gasteiger partial charge in [0, 0.05) is 52.5 Å². The molecule has 1 aliphatic heterocycles. The average molecular weight is 460 g/mol. The number of aromatic nitrogens is 4. The van der Waals surface area contributed by atoms with E-state index in [2.05, 4.69) is 104 Å². The van der Waals surface area contributed by atoms with Crippen molar-refractivity contribution in [1.82, 2.24) is 30.0 Å². The molecule has 0 spiro atoms. The Labute approximate surface area is 203 Å².